The first-order valence-corrected chi connectivity index (χ1v) is 12.1. The van der Waals surface area contributed by atoms with E-state index in [0.717, 1.165) is 50.0 Å². The topological polar surface area (TPSA) is 69.5 Å². The molecule has 0 amide bonds. The number of rotatable bonds is 5. The minimum Gasteiger partial charge on any atom is -0.467 e. The third-order valence-corrected chi connectivity index (χ3v) is 6.61. The highest BCUT2D eigenvalue weighted by Gasteiger charge is 2.23. The second kappa shape index (κ2) is 9.79. The molecule has 1 saturated heterocycles. The maximum Gasteiger partial charge on any atom is 0.232 e. The Kier molecular flexibility index (Phi) is 6.44. The summed E-state index contributed by atoms with van der Waals surface area (Å²) in [7, 11) is 0. The van der Waals surface area contributed by atoms with Gasteiger partial charge in [0.25, 0.3) is 0 Å². The minimum atomic E-state index is 0.477. The summed E-state index contributed by atoms with van der Waals surface area (Å²) in [6.45, 7) is 6.64. The van der Waals surface area contributed by atoms with Gasteiger partial charge in [0.05, 0.1) is 12.8 Å². The Balaban J connectivity index is 1.38. The molecule has 2 aromatic heterocycles. The van der Waals surface area contributed by atoms with Crippen LogP contribution in [0, 0.1) is 5.92 Å². The molecule has 2 N–H and O–H groups in total. The maximum absolute atomic E-state index is 5.51. The van der Waals surface area contributed by atoms with Gasteiger partial charge in [0.1, 0.15) is 17.4 Å². The van der Waals surface area contributed by atoms with E-state index in [1.807, 2.05) is 12.1 Å². The van der Waals surface area contributed by atoms with Crippen LogP contribution < -0.4 is 20.4 Å². The molecule has 1 atom stereocenters. The molecule has 1 fully saturated rings. The Morgan fingerprint density at radius 2 is 1.91 bits per heavy atom. The van der Waals surface area contributed by atoms with Gasteiger partial charge in [-0.25, -0.2) is 0 Å². The highest BCUT2D eigenvalue weighted by Crippen LogP contribution is 2.29. The fraction of sp³-hybridized carbons (Fsp3) is 0.400. The van der Waals surface area contributed by atoms with Crippen LogP contribution in [0.25, 0.3) is 0 Å². The summed E-state index contributed by atoms with van der Waals surface area (Å²) in [5.74, 6) is 3.90. The van der Waals surface area contributed by atoms with Crippen LogP contribution in [-0.2, 0) is 19.5 Å². The summed E-state index contributed by atoms with van der Waals surface area (Å²) < 4.78 is 5.38. The van der Waals surface area contributed by atoms with Crippen LogP contribution in [0.4, 0.5) is 17.6 Å². The minimum absolute atomic E-state index is 0.477. The van der Waals surface area contributed by atoms with Crippen LogP contribution in [-0.4, -0.2) is 34.7 Å². The van der Waals surface area contributed by atoms with Gasteiger partial charge in [-0.05, 0) is 60.7 Å². The van der Waals surface area contributed by atoms with Crippen LogP contribution in [0.3, 0.4) is 0 Å². The van der Waals surface area contributed by atoms with Crippen molar-refractivity contribution >= 4 is 34.9 Å². The third kappa shape index (κ3) is 5.27. The predicted octanol–water partition coefficient (Wildman–Crippen LogP) is 4.36. The second-order valence-electron chi connectivity index (χ2n) is 8.93. The zero-order valence-electron chi connectivity index (χ0n) is 19.0. The van der Waals surface area contributed by atoms with E-state index in [9.17, 15) is 0 Å². The molecule has 172 valence electrons. The van der Waals surface area contributed by atoms with E-state index in [1.165, 1.54) is 24.0 Å². The van der Waals surface area contributed by atoms with E-state index in [-0.39, 0.29) is 0 Å². The summed E-state index contributed by atoms with van der Waals surface area (Å²) in [5.41, 5.74) is 2.79. The standard InChI is InChI=1S/C25H30N6OS/c1-18-6-4-11-30(16-18)22-14-23(31-12-10-19-7-2-3-8-20(19)17-31)28-24(27-22)29-25(33)26-15-21-9-5-13-32-21/h2-3,5,7-9,13-14,18H,4,6,10-12,15-17H2,1H3,(H2,26,27,28,29,33)/t18-/m0/s1. The third-order valence-electron chi connectivity index (χ3n) is 6.36. The van der Waals surface area contributed by atoms with Gasteiger partial charge < -0.3 is 24.9 Å². The average molecular weight is 463 g/mol. The summed E-state index contributed by atoms with van der Waals surface area (Å²) in [6, 6.07) is 14.6. The molecule has 3 aromatic rings. The van der Waals surface area contributed by atoms with E-state index in [2.05, 4.69) is 57.7 Å². The van der Waals surface area contributed by atoms with E-state index in [0.29, 0.717) is 23.5 Å². The number of thiocarbonyl (C=S) groups is 1. The largest absolute Gasteiger partial charge is 0.467 e. The molecule has 2 aliphatic rings. The Morgan fingerprint density at radius 1 is 1.09 bits per heavy atom. The second-order valence-corrected chi connectivity index (χ2v) is 9.34. The average Bonchev–Trinajstić information content (AvgIpc) is 3.36. The SMILES string of the molecule is C[C@H]1CCCN(c2cc(N3CCc4ccccc4C3)nc(NC(=S)NCc3ccco3)n2)C1. The van der Waals surface area contributed by atoms with Crippen molar-refractivity contribution < 1.29 is 4.42 Å². The molecule has 1 aromatic carbocycles. The fourth-order valence-electron chi connectivity index (χ4n) is 4.62. The molecule has 0 unspecified atom stereocenters. The Hall–Kier alpha value is -3.13. The van der Waals surface area contributed by atoms with Gasteiger partial charge in [0, 0.05) is 32.2 Å². The zero-order valence-corrected chi connectivity index (χ0v) is 19.8. The van der Waals surface area contributed by atoms with Crippen molar-refractivity contribution in [3.05, 3.63) is 65.6 Å². The number of nitrogens with one attached hydrogen (secondary N) is 2. The van der Waals surface area contributed by atoms with E-state index in [1.54, 1.807) is 6.26 Å². The molecule has 7 nitrogen and oxygen atoms in total. The molecule has 0 bridgehead atoms. The van der Waals surface area contributed by atoms with Gasteiger partial charge in [0.2, 0.25) is 5.95 Å². The van der Waals surface area contributed by atoms with Crippen molar-refractivity contribution in [1.29, 1.82) is 0 Å². The van der Waals surface area contributed by atoms with Crippen molar-refractivity contribution in [2.75, 3.05) is 34.8 Å². The lowest BCUT2D eigenvalue weighted by Crippen LogP contribution is -2.36. The number of nitrogens with zero attached hydrogens (tertiary/aromatic N) is 4. The number of furan rings is 1. The Labute approximate surface area is 200 Å². The fourth-order valence-corrected chi connectivity index (χ4v) is 4.78. The summed E-state index contributed by atoms with van der Waals surface area (Å²) in [5, 5.41) is 6.85. The van der Waals surface area contributed by atoms with Crippen molar-refractivity contribution in [2.45, 2.75) is 39.3 Å². The van der Waals surface area contributed by atoms with Gasteiger partial charge >= 0.3 is 0 Å². The molecule has 33 heavy (non-hydrogen) atoms. The van der Waals surface area contributed by atoms with Crippen LogP contribution in [0.15, 0.2) is 53.1 Å². The summed E-state index contributed by atoms with van der Waals surface area (Å²) >= 11 is 5.51. The molecule has 0 aliphatic carbocycles. The van der Waals surface area contributed by atoms with Crippen molar-refractivity contribution in [3.8, 4) is 0 Å². The first kappa shape index (κ1) is 21.7. The van der Waals surface area contributed by atoms with Crippen LogP contribution in [0.5, 0.6) is 0 Å². The number of aromatic nitrogens is 2. The molecular formula is C25H30N6OS. The number of fused-ring (bicyclic) bond motifs is 1. The molecule has 0 radical (unpaired) electrons. The number of hydrogen-bond donors (Lipinski definition) is 2. The zero-order chi connectivity index (χ0) is 22.6. The van der Waals surface area contributed by atoms with Gasteiger partial charge in [-0.15, -0.1) is 0 Å². The van der Waals surface area contributed by atoms with Crippen LogP contribution in [0.2, 0.25) is 0 Å². The van der Waals surface area contributed by atoms with Crippen molar-refractivity contribution in [1.82, 2.24) is 15.3 Å². The number of piperidine rings is 1. The number of anilines is 3. The van der Waals surface area contributed by atoms with Crippen LogP contribution in [0.1, 0.15) is 36.7 Å². The summed E-state index contributed by atoms with van der Waals surface area (Å²) in [6.07, 6.45) is 5.12. The van der Waals surface area contributed by atoms with E-state index >= 15 is 0 Å². The van der Waals surface area contributed by atoms with E-state index in [4.69, 9.17) is 26.6 Å². The Bertz CT molecular complexity index is 1100. The van der Waals surface area contributed by atoms with Crippen molar-refractivity contribution in [3.63, 3.8) is 0 Å². The van der Waals surface area contributed by atoms with Gasteiger partial charge in [-0.1, -0.05) is 31.2 Å². The van der Waals surface area contributed by atoms with Gasteiger partial charge in [-0.2, -0.15) is 9.97 Å². The molecule has 5 rings (SSSR count). The van der Waals surface area contributed by atoms with Gasteiger partial charge in [0.15, 0.2) is 5.11 Å². The predicted molar refractivity (Wildman–Crippen MR) is 136 cm³/mol. The van der Waals surface area contributed by atoms with Crippen molar-refractivity contribution in [2.24, 2.45) is 5.92 Å². The lowest BCUT2D eigenvalue weighted by molar-refractivity contribution is 0.444. The monoisotopic (exact) mass is 462 g/mol. The molecule has 0 spiro atoms. The molecule has 8 heteroatoms. The maximum atomic E-state index is 5.51. The molecular weight excluding hydrogens is 432 g/mol. The molecule has 4 heterocycles. The molecule has 0 saturated carbocycles. The quantitative estimate of drug-likeness (QED) is 0.542. The first-order chi connectivity index (χ1) is 16.1. The summed E-state index contributed by atoms with van der Waals surface area (Å²) in [4.78, 5) is 14.4. The lowest BCUT2D eigenvalue weighted by atomic mass is 10.00. The number of benzene rings is 1. The number of hydrogen-bond acceptors (Lipinski definition) is 6. The lowest BCUT2D eigenvalue weighted by Gasteiger charge is -2.34. The highest BCUT2D eigenvalue weighted by atomic mass is 32.1. The highest BCUT2D eigenvalue weighted by molar-refractivity contribution is 7.80. The Morgan fingerprint density at radius 3 is 2.70 bits per heavy atom. The first-order valence-electron chi connectivity index (χ1n) is 11.7. The van der Waals surface area contributed by atoms with Crippen LogP contribution >= 0.6 is 12.2 Å². The van der Waals surface area contributed by atoms with Gasteiger partial charge in [-0.3, -0.25) is 0 Å². The molecule has 2 aliphatic heterocycles. The van der Waals surface area contributed by atoms with E-state index < -0.39 is 0 Å². The normalized spacial score (nSPS) is 18.0. The smallest absolute Gasteiger partial charge is 0.232 e.